The summed E-state index contributed by atoms with van der Waals surface area (Å²) in [7, 11) is 1.62. The first-order chi connectivity index (χ1) is 5.19. The topological polar surface area (TPSA) is 67.2 Å². The maximum Gasteiger partial charge on any atom is 0.241 e. The summed E-state index contributed by atoms with van der Waals surface area (Å²) in [5, 5.41) is 5.68. The Bertz CT molecular complexity index is 152. The van der Waals surface area contributed by atoms with E-state index in [9.17, 15) is 4.79 Å². The zero-order chi connectivity index (χ0) is 8.32. The van der Waals surface area contributed by atoms with Crippen molar-refractivity contribution in [3.8, 4) is 0 Å². The number of rotatable bonds is 1. The first-order valence-electron chi connectivity index (χ1n) is 3.91. The van der Waals surface area contributed by atoms with Crippen LogP contribution < -0.4 is 16.4 Å². The second kappa shape index (κ2) is 3.19. The molecule has 0 aromatic carbocycles. The third-order valence-corrected chi connectivity index (χ3v) is 2.10. The highest BCUT2D eigenvalue weighted by molar-refractivity contribution is 5.86. The van der Waals surface area contributed by atoms with Crippen molar-refractivity contribution >= 4 is 5.91 Å². The van der Waals surface area contributed by atoms with E-state index in [1.54, 1.807) is 7.05 Å². The van der Waals surface area contributed by atoms with Crippen LogP contribution in [0.3, 0.4) is 0 Å². The molecule has 4 heteroatoms. The lowest BCUT2D eigenvalue weighted by atomic mass is 9.90. The molecule has 0 radical (unpaired) electrons. The summed E-state index contributed by atoms with van der Waals surface area (Å²) in [5.41, 5.74) is 5.16. The van der Waals surface area contributed by atoms with Crippen LogP contribution in [0.2, 0.25) is 0 Å². The number of hydrogen-bond acceptors (Lipinski definition) is 3. The molecule has 0 aromatic rings. The molecule has 1 heterocycles. The average molecular weight is 157 g/mol. The van der Waals surface area contributed by atoms with Gasteiger partial charge in [-0.3, -0.25) is 4.79 Å². The van der Waals surface area contributed by atoms with Gasteiger partial charge in [0.2, 0.25) is 5.91 Å². The first-order valence-corrected chi connectivity index (χ1v) is 3.91. The van der Waals surface area contributed by atoms with Gasteiger partial charge in [-0.05, 0) is 19.4 Å². The quantitative estimate of drug-likeness (QED) is 0.448. The molecule has 0 aromatic heterocycles. The molecule has 1 fully saturated rings. The van der Waals surface area contributed by atoms with Crippen LogP contribution in [0.15, 0.2) is 0 Å². The number of nitrogens with two attached hydrogens (primary N) is 1. The van der Waals surface area contributed by atoms with Gasteiger partial charge in [-0.25, -0.2) is 0 Å². The van der Waals surface area contributed by atoms with Crippen LogP contribution in [0.1, 0.15) is 12.8 Å². The Morgan fingerprint density at radius 2 is 2.45 bits per heavy atom. The van der Waals surface area contributed by atoms with E-state index in [4.69, 9.17) is 5.73 Å². The fraction of sp³-hybridized carbons (Fsp3) is 0.857. The van der Waals surface area contributed by atoms with E-state index in [0.29, 0.717) is 6.54 Å². The smallest absolute Gasteiger partial charge is 0.241 e. The van der Waals surface area contributed by atoms with Gasteiger partial charge in [-0.1, -0.05) is 0 Å². The van der Waals surface area contributed by atoms with Gasteiger partial charge in [0.1, 0.15) is 5.54 Å². The van der Waals surface area contributed by atoms with Crippen LogP contribution in [-0.4, -0.2) is 31.6 Å². The summed E-state index contributed by atoms with van der Waals surface area (Å²) in [6.45, 7) is 1.56. The third-order valence-electron chi connectivity index (χ3n) is 2.10. The Labute approximate surface area is 66.5 Å². The van der Waals surface area contributed by atoms with Crippen molar-refractivity contribution < 1.29 is 4.79 Å². The van der Waals surface area contributed by atoms with Gasteiger partial charge in [-0.15, -0.1) is 0 Å². The molecular formula is C7H15N3O. The second-order valence-corrected chi connectivity index (χ2v) is 3.02. The molecule has 1 aliphatic rings. The van der Waals surface area contributed by atoms with E-state index in [1.807, 2.05) is 0 Å². The van der Waals surface area contributed by atoms with Crippen LogP contribution in [0.5, 0.6) is 0 Å². The third kappa shape index (κ3) is 1.70. The van der Waals surface area contributed by atoms with Crippen molar-refractivity contribution in [1.29, 1.82) is 0 Å². The molecule has 0 bridgehead atoms. The van der Waals surface area contributed by atoms with Crippen molar-refractivity contribution in [2.75, 3.05) is 20.1 Å². The molecule has 11 heavy (non-hydrogen) atoms. The predicted molar refractivity (Wildman–Crippen MR) is 43.1 cm³/mol. The summed E-state index contributed by atoms with van der Waals surface area (Å²) in [6.07, 6.45) is 1.75. The second-order valence-electron chi connectivity index (χ2n) is 3.02. The summed E-state index contributed by atoms with van der Waals surface area (Å²) < 4.78 is 0. The molecule has 1 atom stereocenters. The number of piperidine rings is 1. The van der Waals surface area contributed by atoms with E-state index >= 15 is 0 Å². The van der Waals surface area contributed by atoms with Gasteiger partial charge in [0.25, 0.3) is 0 Å². The Kier molecular flexibility index (Phi) is 2.46. The number of amides is 1. The lowest BCUT2D eigenvalue weighted by Crippen LogP contribution is -2.61. The largest absolute Gasteiger partial charge is 0.358 e. The minimum atomic E-state index is -0.674. The van der Waals surface area contributed by atoms with Gasteiger partial charge in [0.15, 0.2) is 0 Å². The van der Waals surface area contributed by atoms with Crippen LogP contribution in [0, 0.1) is 0 Å². The molecule has 1 amide bonds. The number of hydrogen-bond donors (Lipinski definition) is 3. The number of nitrogens with one attached hydrogen (secondary N) is 2. The predicted octanol–water partition coefficient (Wildman–Crippen LogP) is -1.19. The molecule has 0 spiro atoms. The summed E-state index contributed by atoms with van der Waals surface area (Å²) in [4.78, 5) is 11.2. The summed E-state index contributed by atoms with van der Waals surface area (Å²) in [5.74, 6) is -0.0651. The maximum absolute atomic E-state index is 11.2. The van der Waals surface area contributed by atoms with E-state index in [1.165, 1.54) is 0 Å². The van der Waals surface area contributed by atoms with Crippen molar-refractivity contribution in [3.05, 3.63) is 0 Å². The fourth-order valence-corrected chi connectivity index (χ4v) is 1.37. The first kappa shape index (κ1) is 8.49. The summed E-state index contributed by atoms with van der Waals surface area (Å²) >= 11 is 0. The van der Waals surface area contributed by atoms with Crippen LogP contribution in [0.25, 0.3) is 0 Å². The van der Waals surface area contributed by atoms with Crippen molar-refractivity contribution in [2.45, 2.75) is 18.4 Å². The number of carbonyl (C=O) groups is 1. The molecule has 0 aliphatic carbocycles. The molecule has 4 N–H and O–H groups in total. The van der Waals surface area contributed by atoms with E-state index in [0.717, 1.165) is 19.4 Å². The average Bonchev–Trinajstić information content (AvgIpc) is 2.04. The monoisotopic (exact) mass is 157 g/mol. The minimum Gasteiger partial charge on any atom is -0.358 e. The SMILES string of the molecule is CNC(=O)C1(N)CCCNC1. The Morgan fingerprint density at radius 3 is 2.91 bits per heavy atom. The standard InChI is InChI=1S/C7H15N3O/c1-9-6(11)7(8)3-2-4-10-5-7/h10H,2-5,8H2,1H3,(H,9,11). The molecule has 1 unspecified atom stereocenters. The van der Waals surface area contributed by atoms with E-state index < -0.39 is 5.54 Å². The van der Waals surface area contributed by atoms with Crippen LogP contribution in [-0.2, 0) is 4.79 Å². The van der Waals surface area contributed by atoms with Crippen molar-refractivity contribution in [3.63, 3.8) is 0 Å². The lowest BCUT2D eigenvalue weighted by Gasteiger charge is -2.31. The van der Waals surface area contributed by atoms with Gasteiger partial charge >= 0.3 is 0 Å². The highest BCUT2D eigenvalue weighted by Gasteiger charge is 2.34. The van der Waals surface area contributed by atoms with Gasteiger partial charge in [0, 0.05) is 13.6 Å². The molecule has 1 saturated heterocycles. The lowest BCUT2D eigenvalue weighted by molar-refractivity contribution is -0.126. The van der Waals surface area contributed by atoms with Gasteiger partial charge in [0.05, 0.1) is 0 Å². The Hall–Kier alpha value is -0.610. The molecular weight excluding hydrogens is 142 g/mol. The molecule has 1 rings (SSSR count). The van der Waals surface area contributed by atoms with E-state index in [-0.39, 0.29) is 5.91 Å². The normalized spacial score (nSPS) is 31.5. The highest BCUT2D eigenvalue weighted by Crippen LogP contribution is 2.12. The Balaban J connectivity index is 2.56. The van der Waals surface area contributed by atoms with Gasteiger partial charge < -0.3 is 16.4 Å². The fourth-order valence-electron chi connectivity index (χ4n) is 1.37. The Morgan fingerprint density at radius 1 is 1.73 bits per heavy atom. The van der Waals surface area contributed by atoms with Crippen LogP contribution in [0.4, 0.5) is 0 Å². The van der Waals surface area contributed by atoms with E-state index in [2.05, 4.69) is 10.6 Å². The van der Waals surface area contributed by atoms with Gasteiger partial charge in [-0.2, -0.15) is 0 Å². The van der Waals surface area contributed by atoms with Crippen LogP contribution >= 0.6 is 0 Å². The number of likely N-dealkylation sites (N-methyl/N-ethyl adjacent to an activating group) is 1. The van der Waals surface area contributed by atoms with Crippen molar-refractivity contribution in [2.24, 2.45) is 5.73 Å². The minimum absolute atomic E-state index is 0.0651. The van der Waals surface area contributed by atoms with Crippen molar-refractivity contribution in [1.82, 2.24) is 10.6 Å². The highest BCUT2D eigenvalue weighted by atomic mass is 16.2. The number of carbonyl (C=O) groups excluding carboxylic acids is 1. The maximum atomic E-state index is 11.2. The molecule has 4 nitrogen and oxygen atoms in total. The summed E-state index contributed by atoms with van der Waals surface area (Å²) in [6, 6.07) is 0. The molecule has 0 saturated carbocycles. The molecule has 64 valence electrons. The zero-order valence-electron chi connectivity index (χ0n) is 6.81. The zero-order valence-corrected chi connectivity index (χ0v) is 6.81. The molecule has 1 aliphatic heterocycles.